The van der Waals surface area contributed by atoms with Gasteiger partial charge in [-0.1, -0.05) is 6.08 Å². The first-order valence-corrected chi connectivity index (χ1v) is 4.69. The van der Waals surface area contributed by atoms with Crippen LogP contribution in [0.3, 0.4) is 0 Å². The molecule has 4 heteroatoms. The molecule has 0 saturated carbocycles. The fourth-order valence-corrected chi connectivity index (χ4v) is 1.04. The summed E-state index contributed by atoms with van der Waals surface area (Å²) in [6.07, 6.45) is 6.27. The van der Waals surface area contributed by atoms with Gasteiger partial charge in [0.2, 0.25) is 0 Å². The molecular weight excluding hydrogens is 202 g/mol. The Morgan fingerprint density at radius 2 is 2.25 bits per heavy atom. The van der Waals surface area contributed by atoms with Crippen LogP contribution >= 0.6 is 0 Å². The molecule has 1 aromatic rings. The number of rotatable bonds is 4. The molecule has 0 fully saturated rings. The van der Waals surface area contributed by atoms with Crippen molar-refractivity contribution in [3.63, 3.8) is 0 Å². The van der Waals surface area contributed by atoms with Crippen LogP contribution in [-0.2, 0) is 4.79 Å². The molecule has 1 aromatic heterocycles. The quantitative estimate of drug-likeness (QED) is 0.465. The SMILES string of the molecule is C=CCNC(=O)/C(C#N)=C\c1ccncc1. The number of nitrogens with one attached hydrogen (secondary N) is 1. The second-order valence-electron chi connectivity index (χ2n) is 2.95. The Balaban J connectivity index is 2.83. The highest BCUT2D eigenvalue weighted by atomic mass is 16.1. The average molecular weight is 213 g/mol. The third-order valence-corrected chi connectivity index (χ3v) is 1.79. The summed E-state index contributed by atoms with van der Waals surface area (Å²) >= 11 is 0. The first-order valence-electron chi connectivity index (χ1n) is 4.69. The zero-order valence-corrected chi connectivity index (χ0v) is 8.68. The number of nitriles is 1. The molecule has 0 aliphatic rings. The molecule has 1 amide bonds. The third kappa shape index (κ3) is 3.39. The summed E-state index contributed by atoms with van der Waals surface area (Å²) in [5.41, 5.74) is 0.827. The van der Waals surface area contributed by atoms with E-state index in [4.69, 9.17) is 5.26 Å². The lowest BCUT2D eigenvalue weighted by molar-refractivity contribution is -0.116. The lowest BCUT2D eigenvalue weighted by Gasteiger charge is -1.99. The molecule has 80 valence electrons. The minimum absolute atomic E-state index is 0.0630. The van der Waals surface area contributed by atoms with E-state index in [2.05, 4.69) is 16.9 Å². The van der Waals surface area contributed by atoms with Gasteiger partial charge in [0.1, 0.15) is 11.6 Å². The van der Waals surface area contributed by atoms with Crippen molar-refractivity contribution in [1.82, 2.24) is 10.3 Å². The van der Waals surface area contributed by atoms with Gasteiger partial charge in [-0.15, -0.1) is 6.58 Å². The molecule has 16 heavy (non-hydrogen) atoms. The second kappa shape index (κ2) is 6.14. The Morgan fingerprint density at radius 1 is 1.56 bits per heavy atom. The molecule has 0 aromatic carbocycles. The van der Waals surface area contributed by atoms with Crippen LogP contribution in [0.4, 0.5) is 0 Å². The van der Waals surface area contributed by atoms with Crippen molar-refractivity contribution in [2.75, 3.05) is 6.54 Å². The van der Waals surface area contributed by atoms with Crippen LogP contribution in [0.15, 0.2) is 42.8 Å². The topological polar surface area (TPSA) is 65.8 Å². The van der Waals surface area contributed by atoms with Gasteiger partial charge in [0.25, 0.3) is 5.91 Å². The van der Waals surface area contributed by atoms with Crippen LogP contribution in [0.5, 0.6) is 0 Å². The van der Waals surface area contributed by atoms with Gasteiger partial charge in [-0.3, -0.25) is 9.78 Å². The number of aromatic nitrogens is 1. The van der Waals surface area contributed by atoms with E-state index in [9.17, 15) is 4.79 Å². The molecule has 0 unspecified atom stereocenters. The molecule has 0 saturated heterocycles. The molecule has 1 heterocycles. The zero-order valence-electron chi connectivity index (χ0n) is 8.68. The van der Waals surface area contributed by atoms with E-state index >= 15 is 0 Å². The number of carbonyl (C=O) groups is 1. The highest BCUT2D eigenvalue weighted by molar-refractivity contribution is 6.01. The fraction of sp³-hybridized carbons (Fsp3) is 0.0833. The van der Waals surface area contributed by atoms with E-state index in [1.165, 1.54) is 6.08 Å². The van der Waals surface area contributed by atoms with Gasteiger partial charge in [-0.2, -0.15) is 5.26 Å². The van der Waals surface area contributed by atoms with Crippen LogP contribution < -0.4 is 5.32 Å². The van der Waals surface area contributed by atoms with Gasteiger partial charge >= 0.3 is 0 Å². The summed E-state index contributed by atoms with van der Waals surface area (Å²) in [6, 6.07) is 5.29. The molecule has 4 nitrogen and oxygen atoms in total. The largest absolute Gasteiger partial charge is 0.348 e. The monoisotopic (exact) mass is 213 g/mol. The number of amides is 1. The van der Waals surface area contributed by atoms with E-state index < -0.39 is 5.91 Å². The van der Waals surface area contributed by atoms with E-state index in [1.807, 2.05) is 6.07 Å². The number of nitrogens with zero attached hydrogens (tertiary/aromatic N) is 2. The van der Waals surface area contributed by atoms with Crippen LogP contribution in [0.1, 0.15) is 5.56 Å². The predicted octanol–water partition coefficient (Wildman–Crippen LogP) is 1.29. The maximum Gasteiger partial charge on any atom is 0.262 e. The van der Waals surface area contributed by atoms with Crippen molar-refractivity contribution in [1.29, 1.82) is 5.26 Å². The van der Waals surface area contributed by atoms with Crippen LogP contribution in [0.25, 0.3) is 6.08 Å². The smallest absolute Gasteiger partial charge is 0.262 e. The van der Waals surface area contributed by atoms with Crippen molar-refractivity contribution in [3.8, 4) is 6.07 Å². The molecule has 0 radical (unpaired) electrons. The zero-order chi connectivity index (χ0) is 11.8. The number of hydrogen-bond acceptors (Lipinski definition) is 3. The van der Waals surface area contributed by atoms with Gasteiger partial charge in [0.15, 0.2) is 0 Å². The number of hydrogen-bond donors (Lipinski definition) is 1. The maximum atomic E-state index is 11.5. The summed E-state index contributed by atoms with van der Waals surface area (Å²) in [5, 5.41) is 11.4. The molecular formula is C12H11N3O. The Labute approximate surface area is 93.9 Å². The predicted molar refractivity (Wildman–Crippen MR) is 61.0 cm³/mol. The molecule has 0 aliphatic carbocycles. The van der Waals surface area contributed by atoms with Crippen molar-refractivity contribution in [2.24, 2.45) is 0 Å². The molecule has 0 bridgehead atoms. The van der Waals surface area contributed by atoms with Crippen molar-refractivity contribution < 1.29 is 4.79 Å². The average Bonchev–Trinajstić information content (AvgIpc) is 2.34. The summed E-state index contributed by atoms with van der Waals surface area (Å²) < 4.78 is 0. The Kier molecular flexibility index (Phi) is 4.48. The van der Waals surface area contributed by atoms with Crippen molar-refractivity contribution in [2.45, 2.75) is 0 Å². The summed E-state index contributed by atoms with van der Waals surface area (Å²) in [5.74, 6) is -0.404. The van der Waals surface area contributed by atoms with Gasteiger partial charge in [-0.25, -0.2) is 0 Å². The lowest BCUT2D eigenvalue weighted by atomic mass is 10.1. The third-order valence-electron chi connectivity index (χ3n) is 1.79. The highest BCUT2D eigenvalue weighted by Gasteiger charge is 2.06. The summed E-state index contributed by atoms with van der Waals surface area (Å²) in [4.78, 5) is 15.3. The van der Waals surface area contributed by atoms with Crippen LogP contribution in [0.2, 0.25) is 0 Å². The Bertz CT molecular complexity index is 443. The highest BCUT2D eigenvalue weighted by Crippen LogP contribution is 2.04. The molecule has 0 atom stereocenters. The normalized spacial score (nSPS) is 10.3. The van der Waals surface area contributed by atoms with Crippen molar-refractivity contribution in [3.05, 3.63) is 48.3 Å². The Hall–Kier alpha value is -2.41. The summed E-state index contributed by atoms with van der Waals surface area (Å²) in [6.45, 7) is 3.82. The van der Waals surface area contributed by atoms with Crippen LogP contribution in [-0.4, -0.2) is 17.4 Å². The number of pyridine rings is 1. The second-order valence-corrected chi connectivity index (χ2v) is 2.95. The van der Waals surface area contributed by atoms with Crippen LogP contribution in [0, 0.1) is 11.3 Å². The summed E-state index contributed by atoms with van der Waals surface area (Å²) in [7, 11) is 0. The molecule has 1 rings (SSSR count). The van der Waals surface area contributed by atoms with E-state index in [0.717, 1.165) is 5.56 Å². The van der Waals surface area contributed by atoms with Crippen molar-refractivity contribution >= 4 is 12.0 Å². The minimum Gasteiger partial charge on any atom is -0.348 e. The first-order chi connectivity index (χ1) is 7.77. The number of carbonyl (C=O) groups excluding carboxylic acids is 1. The minimum atomic E-state index is -0.404. The first kappa shape index (κ1) is 11.7. The Morgan fingerprint density at radius 3 is 2.81 bits per heavy atom. The van der Waals surface area contributed by atoms with Gasteiger partial charge in [-0.05, 0) is 23.8 Å². The fourth-order valence-electron chi connectivity index (χ4n) is 1.04. The lowest BCUT2D eigenvalue weighted by Crippen LogP contribution is -2.24. The molecule has 1 N–H and O–H groups in total. The van der Waals surface area contributed by atoms with E-state index in [0.29, 0.717) is 6.54 Å². The van der Waals surface area contributed by atoms with Gasteiger partial charge < -0.3 is 5.32 Å². The molecule has 0 aliphatic heterocycles. The molecule has 0 spiro atoms. The van der Waals surface area contributed by atoms with Gasteiger partial charge in [0, 0.05) is 18.9 Å². The maximum absolute atomic E-state index is 11.5. The standard InChI is InChI=1S/C12H11N3O/c1-2-5-15-12(16)11(9-13)8-10-3-6-14-7-4-10/h2-4,6-8H,1,5H2,(H,15,16)/b11-8-. The van der Waals surface area contributed by atoms with Gasteiger partial charge in [0.05, 0.1) is 0 Å². The van der Waals surface area contributed by atoms with E-state index in [1.54, 1.807) is 30.6 Å². The van der Waals surface area contributed by atoms with E-state index in [-0.39, 0.29) is 5.57 Å².